The van der Waals surface area contributed by atoms with Crippen LogP contribution in [0, 0.1) is 35.5 Å². The lowest BCUT2D eigenvalue weighted by molar-refractivity contribution is -0.171. The quantitative estimate of drug-likeness (QED) is 0.553. The molecule has 0 radical (unpaired) electrons. The van der Waals surface area contributed by atoms with E-state index in [-0.39, 0.29) is 22.5 Å². The molecular formula is C20H16ClF3N2O3. The van der Waals surface area contributed by atoms with Crippen molar-refractivity contribution in [1.82, 2.24) is 4.90 Å². The third-order valence-corrected chi connectivity index (χ3v) is 6.99. The number of alkyl halides is 3. The normalized spacial score (nSPS) is 34.3. The summed E-state index contributed by atoms with van der Waals surface area (Å²) in [7, 11) is 0. The van der Waals surface area contributed by atoms with Crippen molar-refractivity contribution in [3.63, 3.8) is 0 Å². The molecule has 1 aromatic carbocycles. The third kappa shape index (κ3) is 2.64. The zero-order chi connectivity index (χ0) is 20.7. The van der Waals surface area contributed by atoms with Crippen molar-refractivity contribution in [2.24, 2.45) is 35.5 Å². The second-order valence-corrected chi connectivity index (χ2v) is 8.49. The van der Waals surface area contributed by atoms with E-state index in [1.165, 1.54) is 24.3 Å². The van der Waals surface area contributed by atoms with Crippen LogP contribution in [0.25, 0.3) is 0 Å². The predicted molar refractivity (Wildman–Crippen MR) is 96.4 cm³/mol. The van der Waals surface area contributed by atoms with Gasteiger partial charge in [0.25, 0.3) is 0 Å². The van der Waals surface area contributed by atoms with Gasteiger partial charge in [-0.1, -0.05) is 35.9 Å². The van der Waals surface area contributed by atoms with Crippen molar-refractivity contribution in [3.8, 4) is 0 Å². The number of hydrogen-bond acceptors (Lipinski definition) is 3. The zero-order valence-electron chi connectivity index (χ0n) is 15.0. The van der Waals surface area contributed by atoms with Gasteiger partial charge in [-0.3, -0.25) is 24.2 Å². The number of carbonyl (C=O) groups is 3. The first kappa shape index (κ1) is 18.7. The number of imide groups is 1. The van der Waals surface area contributed by atoms with Crippen LogP contribution in [0.2, 0.25) is 5.02 Å². The molecule has 6 rings (SSSR count). The molecule has 1 aromatic rings. The van der Waals surface area contributed by atoms with Crippen LogP contribution < -0.4 is 4.90 Å². The molecule has 1 heterocycles. The van der Waals surface area contributed by atoms with Gasteiger partial charge in [0, 0.05) is 0 Å². The maximum atomic E-state index is 13.2. The molecule has 152 valence electrons. The number of rotatable bonds is 3. The largest absolute Gasteiger partial charge is 0.471 e. The molecule has 9 heteroatoms. The van der Waals surface area contributed by atoms with Gasteiger partial charge < -0.3 is 0 Å². The van der Waals surface area contributed by atoms with Gasteiger partial charge in [0.2, 0.25) is 11.8 Å². The molecule has 6 atom stereocenters. The first-order valence-electron chi connectivity index (χ1n) is 9.37. The summed E-state index contributed by atoms with van der Waals surface area (Å²) in [6, 6.07) is 5.55. The van der Waals surface area contributed by atoms with Gasteiger partial charge in [0.15, 0.2) is 0 Å². The SMILES string of the molecule is O=C1[C@H]2[C@@H]3C=C[C@H]([C@@H]4C[C@H]34)[C@@H]2C(=O)N1CN(C(=O)C(F)(F)F)c1ccccc1Cl. The Morgan fingerprint density at radius 1 is 1.07 bits per heavy atom. The molecule has 2 bridgehead atoms. The fraction of sp³-hybridized carbons (Fsp3) is 0.450. The summed E-state index contributed by atoms with van der Waals surface area (Å²) in [6.07, 6.45) is -0.253. The molecule has 4 aliphatic carbocycles. The van der Waals surface area contributed by atoms with Crippen molar-refractivity contribution in [2.75, 3.05) is 11.6 Å². The predicted octanol–water partition coefficient (Wildman–Crippen LogP) is 3.25. The molecular weight excluding hydrogens is 409 g/mol. The molecule has 0 N–H and O–H groups in total. The summed E-state index contributed by atoms with van der Waals surface area (Å²) in [5.74, 6) is -3.63. The van der Waals surface area contributed by atoms with Crippen LogP contribution in [0.1, 0.15) is 6.42 Å². The number of para-hydroxylation sites is 1. The highest BCUT2D eigenvalue weighted by atomic mass is 35.5. The van der Waals surface area contributed by atoms with Gasteiger partial charge in [-0.2, -0.15) is 13.2 Å². The standard InChI is InChI=1S/C20H16ClF3N2O3/c21-13-3-1-2-4-14(13)25(19(29)20(22,23)24)8-26-17(27)15-9-5-6-10(12-7-11(9)12)16(15)18(26)28/h1-6,9-12,15-16H,7-8H2/t9-,10-,11-,12+,15+,16+/m1/s1. The molecule has 0 unspecified atom stereocenters. The summed E-state index contributed by atoms with van der Waals surface area (Å²) in [4.78, 5) is 39.4. The molecule has 5 nitrogen and oxygen atoms in total. The van der Waals surface area contributed by atoms with Gasteiger partial charge in [-0.05, 0) is 42.2 Å². The molecule has 0 spiro atoms. The van der Waals surface area contributed by atoms with Gasteiger partial charge in [0.05, 0.1) is 22.5 Å². The van der Waals surface area contributed by atoms with Crippen molar-refractivity contribution in [3.05, 3.63) is 41.4 Å². The number of halogens is 4. The molecule has 0 aromatic heterocycles. The lowest BCUT2D eigenvalue weighted by Gasteiger charge is -2.37. The van der Waals surface area contributed by atoms with E-state index in [2.05, 4.69) is 0 Å². The maximum Gasteiger partial charge on any atom is 0.471 e. The number of allylic oxidation sites excluding steroid dienone is 2. The van der Waals surface area contributed by atoms with Crippen LogP contribution in [-0.4, -0.2) is 35.5 Å². The Hall–Kier alpha value is -2.35. The summed E-state index contributed by atoms with van der Waals surface area (Å²) in [6.45, 7) is -0.804. The van der Waals surface area contributed by atoms with E-state index < -0.39 is 42.4 Å². The topological polar surface area (TPSA) is 57.7 Å². The molecule has 3 fully saturated rings. The maximum absolute atomic E-state index is 13.2. The van der Waals surface area contributed by atoms with E-state index >= 15 is 0 Å². The van der Waals surface area contributed by atoms with E-state index in [0.29, 0.717) is 16.7 Å². The van der Waals surface area contributed by atoms with Crippen LogP contribution in [-0.2, 0) is 14.4 Å². The zero-order valence-corrected chi connectivity index (χ0v) is 15.7. The lowest BCUT2D eigenvalue weighted by atomic mass is 9.63. The Labute approximate surface area is 169 Å². The number of benzene rings is 1. The van der Waals surface area contributed by atoms with E-state index in [1.54, 1.807) is 0 Å². The monoisotopic (exact) mass is 424 g/mol. The molecule has 3 amide bonds. The Kier molecular flexibility index (Phi) is 3.91. The molecule has 1 aliphatic heterocycles. The number of carbonyl (C=O) groups excluding carboxylic acids is 3. The van der Waals surface area contributed by atoms with E-state index in [1.807, 2.05) is 12.2 Å². The second kappa shape index (κ2) is 6.08. The summed E-state index contributed by atoms with van der Waals surface area (Å²) >= 11 is 6.01. The van der Waals surface area contributed by atoms with Crippen molar-refractivity contribution in [2.45, 2.75) is 12.6 Å². The lowest BCUT2D eigenvalue weighted by Crippen LogP contribution is -2.49. The summed E-state index contributed by atoms with van der Waals surface area (Å²) in [5.41, 5.74) is -0.198. The van der Waals surface area contributed by atoms with E-state index in [4.69, 9.17) is 11.6 Å². The summed E-state index contributed by atoms with van der Waals surface area (Å²) < 4.78 is 39.7. The third-order valence-electron chi connectivity index (χ3n) is 6.67. The summed E-state index contributed by atoms with van der Waals surface area (Å²) in [5, 5.41) is -0.0791. The van der Waals surface area contributed by atoms with Crippen LogP contribution in [0.3, 0.4) is 0 Å². The highest BCUT2D eigenvalue weighted by Gasteiger charge is 2.67. The minimum absolute atomic E-state index is 0.0523. The fourth-order valence-corrected chi connectivity index (χ4v) is 5.61. The van der Waals surface area contributed by atoms with Crippen LogP contribution in [0.4, 0.5) is 18.9 Å². The number of nitrogens with zero attached hydrogens (tertiary/aromatic N) is 2. The number of anilines is 1. The van der Waals surface area contributed by atoms with E-state index in [9.17, 15) is 27.6 Å². The van der Waals surface area contributed by atoms with Gasteiger partial charge in [-0.25, -0.2) is 0 Å². The van der Waals surface area contributed by atoms with Crippen molar-refractivity contribution < 1.29 is 27.6 Å². The minimum atomic E-state index is -5.18. The molecule has 2 saturated carbocycles. The van der Waals surface area contributed by atoms with Gasteiger partial charge in [-0.15, -0.1) is 0 Å². The van der Waals surface area contributed by atoms with Crippen molar-refractivity contribution in [1.29, 1.82) is 0 Å². The Balaban J connectivity index is 1.48. The Bertz CT molecular complexity index is 927. The van der Waals surface area contributed by atoms with Crippen LogP contribution in [0.5, 0.6) is 0 Å². The number of amides is 3. The average Bonchev–Trinajstić information content (AvgIpc) is 3.45. The van der Waals surface area contributed by atoms with Crippen LogP contribution >= 0.6 is 11.6 Å². The Morgan fingerprint density at radius 2 is 1.62 bits per heavy atom. The molecule has 29 heavy (non-hydrogen) atoms. The molecule has 1 saturated heterocycles. The first-order chi connectivity index (χ1) is 13.7. The van der Waals surface area contributed by atoms with Gasteiger partial charge in [0.1, 0.15) is 6.67 Å². The smallest absolute Gasteiger partial charge is 0.284 e. The van der Waals surface area contributed by atoms with Crippen LogP contribution in [0.15, 0.2) is 36.4 Å². The number of likely N-dealkylation sites (tertiary alicyclic amines) is 1. The first-order valence-corrected chi connectivity index (χ1v) is 9.74. The van der Waals surface area contributed by atoms with Crippen molar-refractivity contribution >= 4 is 35.0 Å². The molecule has 5 aliphatic rings. The average molecular weight is 425 g/mol. The van der Waals surface area contributed by atoms with Gasteiger partial charge >= 0.3 is 12.1 Å². The highest BCUT2D eigenvalue weighted by molar-refractivity contribution is 6.33. The number of hydrogen-bond donors (Lipinski definition) is 0. The minimum Gasteiger partial charge on any atom is -0.284 e. The fourth-order valence-electron chi connectivity index (χ4n) is 5.37. The Morgan fingerprint density at radius 3 is 2.14 bits per heavy atom. The highest BCUT2D eigenvalue weighted by Crippen LogP contribution is 2.65. The second-order valence-electron chi connectivity index (χ2n) is 8.08. The van der Waals surface area contributed by atoms with E-state index in [0.717, 1.165) is 11.3 Å².